The number of carbonyl (C=O) groups is 1. The number of likely N-dealkylation sites (tertiary alicyclic amines) is 1. The van der Waals surface area contributed by atoms with Crippen molar-refractivity contribution in [3.63, 3.8) is 0 Å². The lowest BCUT2D eigenvalue weighted by atomic mass is 9.76. The summed E-state index contributed by atoms with van der Waals surface area (Å²) in [4.78, 5) is 14.8. The maximum Gasteiger partial charge on any atom is 0.230 e. The predicted molar refractivity (Wildman–Crippen MR) is 80.7 cm³/mol. The van der Waals surface area contributed by atoms with Gasteiger partial charge in [0.1, 0.15) is 0 Å². The van der Waals surface area contributed by atoms with E-state index in [-0.39, 0.29) is 5.92 Å². The Bertz CT molecular complexity index is 500. The molecule has 20 heavy (non-hydrogen) atoms. The maximum absolute atomic E-state index is 12.7. The molecule has 1 aromatic carbocycles. The zero-order chi connectivity index (χ0) is 14.1. The topological polar surface area (TPSA) is 32.3 Å². The summed E-state index contributed by atoms with van der Waals surface area (Å²) in [5.41, 5.74) is 2.60. The third-order valence-corrected chi connectivity index (χ3v) is 5.09. The van der Waals surface area contributed by atoms with Crippen LogP contribution in [0.4, 0.5) is 0 Å². The maximum atomic E-state index is 12.7. The summed E-state index contributed by atoms with van der Waals surface area (Å²) in [6, 6.07) is 8.92. The highest BCUT2D eigenvalue weighted by molar-refractivity contribution is 5.87. The van der Waals surface area contributed by atoms with E-state index in [9.17, 15) is 4.79 Å². The molecule has 1 aliphatic heterocycles. The molecule has 0 radical (unpaired) electrons. The van der Waals surface area contributed by atoms with Gasteiger partial charge in [0.05, 0.1) is 5.92 Å². The molecule has 3 unspecified atom stereocenters. The lowest BCUT2D eigenvalue weighted by Gasteiger charge is -2.41. The van der Waals surface area contributed by atoms with Gasteiger partial charge >= 0.3 is 0 Å². The zero-order valence-corrected chi connectivity index (χ0v) is 12.4. The van der Waals surface area contributed by atoms with Gasteiger partial charge in [0.15, 0.2) is 0 Å². The third kappa shape index (κ3) is 2.24. The van der Waals surface area contributed by atoms with Crippen LogP contribution in [-0.4, -0.2) is 37.0 Å². The monoisotopic (exact) mass is 272 g/mol. The molecule has 3 nitrogen and oxygen atoms in total. The molecule has 1 heterocycles. The summed E-state index contributed by atoms with van der Waals surface area (Å²) in [6.07, 6.45) is 3.14. The van der Waals surface area contributed by atoms with Gasteiger partial charge in [-0.2, -0.15) is 0 Å². The fourth-order valence-electron chi connectivity index (χ4n) is 3.73. The Morgan fingerprint density at radius 1 is 1.40 bits per heavy atom. The van der Waals surface area contributed by atoms with E-state index in [1.165, 1.54) is 11.1 Å². The third-order valence-electron chi connectivity index (χ3n) is 5.09. The van der Waals surface area contributed by atoms with Crippen molar-refractivity contribution in [1.82, 2.24) is 10.2 Å². The Hall–Kier alpha value is -1.35. The quantitative estimate of drug-likeness (QED) is 0.914. The molecule has 1 N–H and O–H groups in total. The minimum atomic E-state index is 0.120. The van der Waals surface area contributed by atoms with Gasteiger partial charge in [-0.15, -0.1) is 0 Å². The van der Waals surface area contributed by atoms with Crippen LogP contribution in [-0.2, 0) is 11.2 Å². The van der Waals surface area contributed by atoms with Crippen molar-refractivity contribution in [3.05, 3.63) is 35.4 Å². The fraction of sp³-hybridized carbons (Fsp3) is 0.588. The lowest BCUT2D eigenvalue weighted by Crippen LogP contribution is -2.52. The highest BCUT2D eigenvalue weighted by atomic mass is 16.2. The molecule has 3 heteroatoms. The second kappa shape index (κ2) is 5.57. The van der Waals surface area contributed by atoms with Crippen molar-refractivity contribution in [2.45, 2.75) is 38.1 Å². The number of nitrogens with one attached hydrogen (secondary N) is 1. The molecule has 1 fully saturated rings. The van der Waals surface area contributed by atoms with Gasteiger partial charge in [0.2, 0.25) is 5.91 Å². The van der Waals surface area contributed by atoms with Crippen LogP contribution in [0.1, 0.15) is 36.8 Å². The molecule has 1 aliphatic carbocycles. The fourth-order valence-corrected chi connectivity index (χ4v) is 3.73. The van der Waals surface area contributed by atoms with Gasteiger partial charge in [0.25, 0.3) is 0 Å². The average molecular weight is 272 g/mol. The van der Waals surface area contributed by atoms with Crippen LogP contribution in [0, 0.1) is 5.92 Å². The Morgan fingerprint density at radius 2 is 2.20 bits per heavy atom. The van der Waals surface area contributed by atoms with E-state index in [1.54, 1.807) is 0 Å². The number of hydrogen-bond donors (Lipinski definition) is 1. The number of benzene rings is 1. The van der Waals surface area contributed by atoms with E-state index < -0.39 is 0 Å². The number of nitrogens with zero attached hydrogens (tertiary/aromatic N) is 1. The summed E-state index contributed by atoms with van der Waals surface area (Å²) in [5.74, 6) is 1.06. The Labute approximate surface area is 121 Å². The first-order valence-corrected chi connectivity index (χ1v) is 7.78. The number of rotatable bonds is 3. The average Bonchev–Trinajstić information content (AvgIpc) is 2.47. The minimum absolute atomic E-state index is 0.120. The Balaban J connectivity index is 1.68. The largest absolute Gasteiger partial charge is 0.342 e. The Kier molecular flexibility index (Phi) is 3.79. The van der Waals surface area contributed by atoms with Gasteiger partial charge in [0, 0.05) is 19.1 Å². The number of fused-ring (bicyclic) bond motifs is 1. The van der Waals surface area contributed by atoms with Crippen LogP contribution < -0.4 is 5.32 Å². The van der Waals surface area contributed by atoms with Gasteiger partial charge in [-0.05, 0) is 36.9 Å². The van der Waals surface area contributed by atoms with Crippen molar-refractivity contribution in [2.24, 2.45) is 5.92 Å². The molecule has 0 spiro atoms. The molecular weight excluding hydrogens is 248 g/mol. The van der Waals surface area contributed by atoms with Gasteiger partial charge in [-0.25, -0.2) is 0 Å². The second-order valence-electron chi connectivity index (χ2n) is 6.09. The van der Waals surface area contributed by atoms with E-state index in [0.717, 1.165) is 32.4 Å². The molecule has 0 saturated carbocycles. The van der Waals surface area contributed by atoms with E-state index in [0.29, 0.717) is 17.9 Å². The first-order chi connectivity index (χ1) is 9.74. The highest BCUT2D eigenvalue weighted by Crippen LogP contribution is 2.37. The number of carbonyl (C=O) groups excluding carboxylic acids is 1. The summed E-state index contributed by atoms with van der Waals surface area (Å²) in [6.45, 7) is 4.04. The molecule has 108 valence electrons. The van der Waals surface area contributed by atoms with Crippen molar-refractivity contribution >= 4 is 5.91 Å². The molecule has 1 saturated heterocycles. The van der Waals surface area contributed by atoms with Crippen molar-refractivity contribution in [2.75, 3.05) is 20.1 Å². The Morgan fingerprint density at radius 3 is 2.90 bits per heavy atom. The van der Waals surface area contributed by atoms with E-state index in [1.807, 2.05) is 13.1 Å². The second-order valence-corrected chi connectivity index (χ2v) is 6.09. The molecule has 1 aromatic rings. The first kappa shape index (κ1) is 13.6. The van der Waals surface area contributed by atoms with E-state index in [4.69, 9.17) is 0 Å². The molecule has 0 aromatic heterocycles. The SMILES string of the molecule is CCC1CN(C(=O)C2Cc3ccccc32)CCC1NC. The number of piperidine rings is 1. The number of hydrogen-bond acceptors (Lipinski definition) is 2. The summed E-state index contributed by atoms with van der Waals surface area (Å²) in [7, 11) is 2.03. The number of amides is 1. The van der Waals surface area contributed by atoms with Gasteiger partial charge in [-0.3, -0.25) is 4.79 Å². The van der Waals surface area contributed by atoms with Crippen LogP contribution in [0.15, 0.2) is 24.3 Å². The smallest absolute Gasteiger partial charge is 0.230 e. The van der Waals surface area contributed by atoms with Crippen LogP contribution in [0.3, 0.4) is 0 Å². The molecule has 2 aliphatic rings. The minimum Gasteiger partial charge on any atom is -0.342 e. The molecular formula is C17H24N2O. The van der Waals surface area contributed by atoms with Gasteiger partial charge < -0.3 is 10.2 Å². The van der Waals surface area contributed by atoms with Crippen molar-refractivity contribution in [1.29, 1.82) is 0 Å². The van der Waals surface area contributed by atoms with Crippen LogP contribution in [0.25, 0.3) is 0 Å². The van der Waals surface area contributed by atoms with E-state index >= 15 is 0 Å². The first-order valence-electron chi connectivity index (χ1n) is 7.78. The van der Waals surface area contributed by atoms with E-state index in [2.05, 4.69) is 35.3 Å². The van der Waals surface area contributed by atoms with Crippen molar-refractivity contribution < 1.29 is 4.79 Å². The summed E-state index contributed by atoms with van der Waals surface area (Å²) >= 11 is 0. The van der Waals surface area contributed by atoms with Gasteiger partial charge in [-0.1, -0.05) is 37.6 Å². The molecule has 3 atom stereocenters. The zero-order valence-electron chi connectivity index (χ0n) is 12.4. The lowest BCUT2D eigenvalue weighted by molar-refractivity contribution is -0.135. The van der Waals surface area contributed by atoms with Crippen LogP contribution in [0.2, 0.25) is 0 Å². The van der Waals surface area contributed by atoms with Crippen molar-refractivity contribution in [3.8, 4) is 0 Å². The normalized spacial score (nSPS) is 28.7. The molecule has 1 amide bonds. The standard InChI is InChI=1S/C17H24N2O/c1-3-12-11-19(9-8-16(12)18-2)17(20)15-10-13-6-4-5-7-14(13)15/h4-7,12,15-16,18H,3,8-11H2,1-2H3. The summed E-state index contributed by atoms with van der Waals surface area (Å²) < 4.78 is 0. The highest BCUT2D eigenvalue weighted by Gasteiger charge is 2.37. The van der Waals surface area contributed by atoms with Crippen LogP contribution in [0.5, 0.6) is 0 Å². The molecule has 3 rings (SSSR count). The predicted octanol–water partition coefficient (Wildman–Crippen LogP) is 2.17. The molecule has 0 bridgehead atoms. The van der Waals surface area contributed by atoms with Crippen LogP contribution >= 0.6 is 0 Å². The summed E-state index contributed by atoms with van der Waals surface area (Å²) in [5, 5.41) is 3.40.